The number of hydrogen-bond acceptors (Lipinski definition) is 3. The number of aliphatic imine (C=N–C) groups is 1. The van der Waals surface area contributed by atoms with Crippen molar-refractivity contribution < 1.29 is 9.00 Å². The first-order valence-electron chi connectivity index (χ1n) is 9.37. The molecule has 0 spiro atoms. The fourth-order valence-corrected chi connectivity index (χ4v) is 3.54. The molecule has 6 nitrogen and oxygen atoms in total. The zero-order valence-corrected chi connectivity index (χ0v) is 17.5. The van der Waals surface area contributed by atoms with E-state index >= 15 is 0 Å². The molecule has 1 aliphatic heterocycles. The second-order valence-electron chi connectivity index (χ2n) is 7.82. The zero-order valence-electron chi connectivity index (χ0n) is 16.7. The number of guanidine groups is 1. The highest BCUT2D eigenvalue weighted by Crippen LogP contribution is 2.13. The third-order valence-electron chi connectivity index (χ3n) is 4.22. The molecule has 0 aromatic heterocycles. The summed E-state index contributed by atoms with van der Waals surface area (Å²) in [6.45, 7) is 14.8. The summed E-state index contributed by atoms with van der Waals surface area (Å²) in [5.41, 5.74) is 0. The van der Waals surface area contributed by atoms with Crippen LogP contribution >= 0.6 is 0 Å². The normalized spacial score (nSPS) is 18.4. The highest BCUT2D eigenvalue weighted by molar-refractivity contribution is 7.86. The lowest BCUT2D eigenvalue weighted by atomic mass is 10.0. The molecule has 0 saturated carbocycles. The van der Waals surface area contributed by atoms with Gasteiger partial charge in [0.1, 0.15) is 0 Å². The number of hydrogen-bond donors (Lipinski definition) is 2. The largest absolute Gasteiger partial charge is 0.357 e. The molecule has 1 heterocycles. The van der Waals surface area contributed by atoms with Crippen LogP contribution in [0, 0.1) is 5.92 Å². The fourth-order valence-electron chi connectivity index (χ4n) is 2.67. The monoisotopic (exact) mass is 372 g/mol. The van der Waals surface area contributed by atoms with Gasteiger partial charge in [0, 0.05) is 52.9 Å². The quantitative estimate of drug-likeness (QED) is 0.550. The van der Waals surface area contributed by atoms with Crippen LogP contribution in [0.4, 0.5) is 0 Å². The first-order chi connectivity index (χ1) is 11.6. The van der Waals surface area contributed by atoms with Crippen molar-refractivity contribution in [3.8, 4) is 0 Å². The van der Waals surface area contributed by atoms with Crippen LogP contribution in [0.1, 0.15) is 54.4 Å². The van der Waals surface area contributed by atoms with Crippen molar-refractivity contribution in [3.63, 3.8) is 0 Å². The van der Waals surface area contributed by atoms with E-state index in [0.717, 1.165) is 38.4 Å². The second kappa shape index (κ2) is 10.1. The average molecular weight is 373 g/mol. The smallest absolute Gasteiger partial charge is 0.225 e. The molecule has 1 rings (SSSR count). The molecule has 1 aliphatic rings. The Morgan fingerprint density at radius 2 is 1.88 bits per heavy atom. The Bertz CT molecular complexity index is 478. The predicted molar refractivity (Wildman–Crippen MR) is 106 cm³/mol. The van der Waals surface area contributed by atoms with E-state index in [-0.39, 0.29) is 16.6 Å². The molecule has 25 heavy (non-hydrogen) atoms. The van der Waals surface area contributed by atoms with E-state index in [1.165, 1.54) is 0 Å². The number of nitrogens with zero attached hydrogens (tertiary/aromatic N) is 2. The first-order valence-corrected chi connectivity index (χ1v) is 10.7. The molecule has 1 atom stereocenters. The zero-order chi connectivity index (χ0) is 19.0. The number of piperidine rings is 1. The van der Waals surface area contributed by atoms with Crippen molar-refractivity contribution >= 4 is 22.7 Å². The molecule has 1 amide bonds. The summed E-state index contributed by atoms with van der Waals surface area (Å²) >= 11 is 0. The number of carbonyl (C=O) groups excluding carboxylic acids is 1. The van der Waals surface area contributed by atoms with E-state index in [2.05, 4.69) is 15.6 Å². The summed E-state index contributed by atoms with van der Waals surface area (Å²) in [6.07, 6.45) is 1.85. The van der Waals surface area contributed by atoms with E-state index in [1.54, 1.807) is 0 Å². The Morgan fingerprint density at radius 1 is 1.28 bits per heavy atom. The number of nitrogens with one attached hydrogen (secondary N) is 2. The molecular weight excluding hydrogens is 336 g/mol. The summed E-state index contributed by atoms with van der Waals surface area (Å²) in [4.78, 5) is 18.6. The van der Waals surface area contributed by atoms with Crippen molar-refractivity contribution in [1.82, 2.24) is 15.5 Å². The molecule has 1 unspecified atom stereocenters. The van der Waals surface area contributed by atoms with Crippen LogP contribution in [-0.4, -0.2) is 63.7 Å². The highest BCUT2D eigenvalue weighted by Gasteiger charge is 2.24. The van der Waals surface area contributed by atoms with Crippen molar-refractivity contribution in [2.45, 2.75) is 65.2 Å². The summed E-state index contributed by atoms with van der Waals surface area (Å²) in [5, 5.41) is 6.71. The van der Waals surface area contributed by atoms with Crippen LogP contribution in [0.15, 0.2) is 4.99 Å². The second-order valence-corrected chi connectivity index (χ2v) is 10.1. The maximum Gasteiger partial charge on any atom is 0.225 e. The molecule has 2 N–H and O–H groups in total. The summed E-state index contributed by atoms with van der Waals surface area (Å²) in [5.74, 6) is 1.65. The minimum Gasteiger partial charge on any atom is -0.357 e. The molecule has 0 aromatic carbocycles. The van der Waals surface area contributed by atoms with E-state index in [1.807, 2.05) is 46.4 Å². The van der Waals surface area contributed by atoms with Crippen LogP contribution in [0.25, 0.3) is 0 Å². The molecular formula is C18H36N4O2S. The van der Waals surface area contributed by atoms with Crippen LogP contribution in [0.3, 0.4) is 0 Å². The lowest BCUT2D eigenvalue weighted by Crippen LogP contribution is -2.50. The lowest BCUT2D eigenvalue weighted by molar-refractivity contribution is -0.135. The van der Waals surface area contributed by atoms with Gasteiger partial charge in [-0.05, 0) is 40.5 Å². The van der Waals surface area contributed by atoms with Crippen LogP contribution in [0.5, 0.6) is 0 Å². The molecule has 0 radical (unpaired) electrons. The number of carbonyl (C=O) groups is 1. The standard InChI is InChI=1S/C18H36N4O2S/c1-7-19-17(20-10-13-25(24)18(4,5)6)21-15-8-11-22(12-9-15)16(23)14(2)3/h14-15H,7-13H2,1-6H3,(H2,19,20,21). The van der Waals surface area contributed by atoms with Gasteiger partial charge in [-0.25, -0.2) is 0 Å². The van der Waals surface area contributed by atoms with Crippen molar-refractivity contribution in [3.05, 3.63) is 0 Å². The third kappa shape index (κ3) is 7.75. The Kier molecular flexibility index (Phi) is 8.89. The maximum atomic E-state index is 12.1. The molecule has 0 aliphatic carbocycles. The fraction of sp³-hybridized carbons (Fsp3) is 0.889. The van der Waals surface area contributed by atoms with E-state index < -0.39 is 10.8 Å². The van der Waals surface area contributed by atoms with Gasteiger partial charge in [0.05, 0.1) is 6.54 Å². The number of amides is 1. The number of rotatable bonds is 6. The van der Waals surface area contributed by atoms with Crippen LogP contribution in [-0.2, 0) is 15.6 Å². The predicted octanol–water partition coefficient (Wildman–Crippen LogP) is 1.74. The Hall–Kier alpha value is -1.11. The van der Waals surface area contributed by atoms with Gasteiger partial charge in [0.25, 0.3) is 0 Å². The van der Waals surface area contributed by atoms with Crippen molar-refractivity contribution in [1.29, 1.82) is 0 Å². The summed E-state index contributed by atoms with van der Waals surface area (Å²) in [6, 6.07) is 0.321. The molecule has 1 saturated heterocycles. The Morgan fingerprint density at radius 3 is 2.36 bits per heavy atom. The molecule has 1 fully saturated rings. The SMILES string of the molecule is CCNC(=NCCS(=O)C(C)(C)C)NC1CCN(C(=O)C(C)C)CC1. The van der Waals surface area contributed by atoms with Gasteiger partial charge in [-0.15, -0.1) is 0 Å². The topological polar surface area (TPSA) is 73.8 Å². The maximum absolute atomic E-state index is 12.1. The van der Waals surface area contributed by atoms with Crippen LogP contribution in [0.2, 0.25) is 0 Å². The van der Waals surface area contributed by atoms with Gasteiger partial charge in [-0.3, -0.25) is 14.0 Å². The van der Waals surface area contributed by atoms with E-state index in [4.69, 9.17) is 0 Å². The van der Waals surface area contributed by atoms with Gasteiger partial charge >= 0.3 is 0 Å². The van der Waals surface area contributed by atoms with Crippen LogP contribution < -0.4 is 10.6 Å². The van der Waals surface area contributed by atoms with E-state index in [9.17, 15) is 9.00 Å². The lowest BCUT2D eigenvalue weighted by Gasteiger charge is -2.34. The summed E-state index contributed by atoms with van der Waals surface area (Å²) in [7, 11) is -0.886. The van der Waals surface area contributed by atoms with Crippen molar-refractivity contribution in [2.24, 2.45) is 10.9 Å². The van der Waals surface area contributed by atoms with E-state index in [0.29, 0.717) is 18.3 Å². The van der Waals surface area contributed by atoms with Gasteiger partial charge in [-0.1, -0.05) is 13.8 Å². The molecule has 7 heteroatoms. The van der Waals surface area contributed by atoms with Gasteiger partial charge in [0.2, 0.25) is 5.91 Å². The van der Waals surface area contributed by atoms with Gasteiger partial charge in [-0.2, -0.15) is 0 Å². The first kappa shape index (κ1) is 21.9. The molecule has 0 aromatic rings. The molecule has 146 valence electrons. The summed E-state index contributed by atoms with van der Waals surface area (Å²) < 4.78 is 11.9. The molecule has 0 bridgehead atoms. The van der Waals surface area contributed by atoms with Gasteiger partial charge < -0.3 is 15.5 Å². The highest BCUT2D eigenvalue weighted by atomic mass is 32.2. The Balaban J connectivity index is 2.49. The van der Waals surface area contributed by atoms with Gasteiger partial charge in [0.15, 0.2) is 5.96 Å². The minimum absolute atomic E-state index is 0.0621. The third-order valence-corrected chi connectivity index (χ3v) is 6.13. The minimum atomic E-state index is -0.886. The Labute approximate surface area is 155 Å². The number of likely N-dealkylation sites (tertiary alicyclic amines) is 1. The van der Waals surface area contributed by atoms with Crippen molar-refractivity contribution in [2.75, 3.05) is 31.9 Å². The average Bonchev–Trinajstić information content (AvgIpc) is 2.54.